The Balaban J connectivity index is 1.67. The number of carbonyl (C=O) groups is 1. The van der Waals surface area contributed by atoms with E-state index in [2.05, 4.69) is 25.3 Å². The number of ether oxygens (including phenoxy) is 2. The lowest BCUT2D eigenvalue weighted by atomic mass is 9.95. The molecule has 0 saturated carbocycles. The summed E-state index contributed by atoms with van der Waals surface area (Å²) in [6.45, 7) is 11.4. The van der Waals surface area contributed by atoms with Crippen LogP contribution in [-0.4, -0.2) is 48.0 Å². The Morgan fingerprint density at radius 1 is 1.17 bits per heavy atom. The van der Waals surface area contributed by atoms with Gasteiger partial charge in [-0.2, -0.15) is 0 Å². The van der Waals surface area contributed by atoms with Gasteiger partial charge in [-0.1, -0.05) is 0 Å². The van der Waals surface area contributed by atoms with E-state index in [1.54, 1.807) is 0 Å². The minimum Gasteiger partial charge on any atom is -0.350 e. The smallest absolute Gasteiger partial charge is 0.255 e. The van der Waals surface area contributed by atoms with Gasteiger partial charge in [0.25, 0.3) is 5.91 Å². The SMILES string of the molecule is Cc1cc(C(=O)N2CCC(C3OCCO3)CC2)c(C)n1C(C)C. The second-order valence-electron chi connectivity index (χ2n) is 6.99. The van der Waals surface area contributed by atoms with Crippen LogP contribution in [0.3, 0.4) is 0 Å². The number of hydrogen-bond acceptors (Lipinski definition) is 3. The third kappa shape index (κ3) is 3.17. The van der Waals surface area contributed by atoms with E-state index in [4.69, 9.17) is 9.47 Å². The van der Waals surface area contributed by atoms with Crippen molar-refractivity contribution >= 4 is 5.91 Å². The van der Waals surface area contributed by atoms with Gasteiger partial charge >= 0.3 is 0 Å². The fraction of sp³-hybridized carbons (Fsp3) is 0.722. The number of aryl methyl sites for hydroxylation is 1. The lowest BCUT2D eigenvalue weighted by molar-refractivity contribution is -0.0956. The molecule has 2 saturated heterocycles. The lowest BCUT2D eigenvalue weighted by Gasteiger charge is -2.34. The predicted octanol–water partition coefficient (Wildman–Crippen LogP) is 2.91. The van der Waals surface area contributed by atoms with Crippen LogP contribution in [-0.2, 0) is 9.47 Å². The second kappa shape index (κ2) is 6.65. The molecule has 0 spiro atoms. The van der Waals surface area contributed by atoms with Crippen molar-refractivity contribution in [1.82, 2.24) is 9.47 Å². The van der Waals surface area contributed by atoms with E-state index in [0.29, 0.717) is 25.2 Å². The Morgan fingerprint density at radius 2 is 1.78 bits per heavy atom. The van der Waals surface area contributed by atoms with Gasteiger partial charge in [0.2, 0.25) is 0 Å². The molecule has 0 aliphatic carbocycles. The number of rotatable bonds is 3. The van der Waals surface area contributed by atoms with Gasteiger partial charge in [0, 0.05) is 36.4 Å². The molecule has 23 heavy (non-hydrogen) atoms. The van der Waals surface area contributed by atoms with Gasteiger partial charge in [0.05, 0.1) is 18.8 Å². The maximum absolute atomic E-state index is 12.9. The lowest BCUT2D eigenvalue weighted by Crippen LogP contribution is -2.41. The molecule has 2 aliphatic heterocycles. The molecule has 5 nitrogen and oxygen atoms in total. The molecule has 0 aromatic carbocycles. The van der Waals surface area contributed by atoms with Gasteiger partial charge in [-0.05, 0) is 46.6 Å². The van der Waals surface area contributed by atoms with E-state index < -0.39 is 0 Å². The van der Waals surface area contributed by atoms with Crippen LogP contribution >= 0.6 is 0 Å². The van der Waals surface area contributed by atoms with Crippen LogP contribution in [0.5, 0.6) is 0 Å². The molecule has 0 N–H and O–H groups in total. The number of likely N-dealkylation sites (tertiary alicyclic amines) is 1. The zero-order chi connectivity index (χ0) is 16.6. The van der Waals surface area contributed by atoms with Crippen molar-refractivity contribution in [3.05, 3.63) is 23.0 Å². The highest BCUT2D eigenvalue weighted by Gasteiger charge is 2.32. The van der Waals surface area contributed by atoms with Crippen LogP contribution in [0.2, 0.25) is 0 Å². The highest BCUT2D eigenvalue weighted by atomic mass is 16.7. The third-order valence-corrected chi connectivity index (χ3v) is 5.09. The number of nitrogens with zero attached hydrogens (tertiary/aromatic N) is 2. The molecule has 0 atom stereocenters. The number of carbonyl (C=O) groups excluding carboxylic acids is 1. The largest absolute Gasteiger partial charge is 0.350 e. The zero-order valence-corrected chi connectivity index (χ0v) is 14.7. The van der Waals surface area contributed by atoms with Crippen molar-refractivity contribution in [3.63, 3.8) is 0 Å². The van der Waals surface area contributed by atoms with Crippen molar-refractivity contribution in [3.8, 4) is 0 Å². The Hall–Kier alpha value is -1.33. The molecule has 5 heteroatoms. The first-order valence-electron chi connectivity index (χ1n) is 8.70. The summed E-state index contributed by atoms with van der Waals surface area (Å²) < 4.78 is 13.5. The second-order valence-corrected chi connectivity index (χ2v) is 6.99. The van der Waals surface area contributed by atoms with E-state index in [-0.39, 0.29) is 12.2 Å². The summed E-state index contributed by atoms with van der Waals surface area (Å²) in [4.78, 5) is 14.9. The Kier molecular flexibility index (Phi) is 4.78. The topological polar surface area (TPSA) is 43.7 Å². The van der Waals surface area contributed by atoms with Gasteiger partial charge < -0.3 is 18.9 Å². The summed E-state index contributed by atoms with van der Waals surface area (Å²) >= 11 is 0. The first-order chi connectivity index (χ1) is 11.0. The average Bonchev–Trinajstić information content (AvgIpc) is 3.15. The molecular weight excluding hydrogens is 292 g/mol. The van der Waals surface area contributed by atoms with E-state index in [1.807, 2.05) is 17.9 Å². The van der Waals surface area contributed by atoms with Gasteiger partial charge in [-0.15, -0.1) is 0 Å². The summed E-state index contributed by atoms with van der Waals surface area (Å²) in [5, 5.41) is 0. The summed E-state index contributed by atoms with van der Waals surface area (Å²) in [5.74, 6) is 0.585. The molecule has 2 fully saturated rings. The van der Waals surface area contributed by atoms with Gasteiger partial charge in [0.15, 0.2) is 6.29 Å². The fourth-order valence-electron chi connectivity index (χ4n) is 3.98. The quantitative estimate of drug-likeness (QED) is 0.860. The first kappa shape index (κ1) is 16.5. The minimum absolute atomic E-state index is 0.0572. The van der Waals surface area contributed by atoms with E-state index >= 15 is 0 Å². The van der Waals surface area contributed by atoms with Crippen molar-refractivity contribution in [1.29, 1.82) is 0 Å². The summed E-state index contributed by atoms with van der Waals surface area (Å²) in [5.41, 5.74) is 3.08. The van der Waals surface area contributed by atoms with E-state index in [1.165, 1.54) is 0 Å². The molecule has 0 radical (unpaired) electrons. The standard InChI is InChI=1S/C18H28N2O3/c1-12(2)20-13(3)11-16(14(20)4)17(21)19-7-5-15(6-8-19)18-22-9-10-23-18/h11-12,15,18H,5-10H2,1-4H3. The molecule has 1 amide bonds. The Bertz CT molecular complexity index is 565. The van der Waals surface area contributed by atoms with Crippen molar-refractivity contribution in [2.24, 2.45) is 5.92 Å². The molecule has 1 aromatic rings. The highest BCUT2D eigenvalue weighted by Crippen LogP contribution is 2.28. The Labute approximate surface area is 138 Å². The third-order valence-electron chi connectivity index (χ3n) is 5.09. The van der Waals surface area contributed by atoms with Crippen LogP contribution in [0.25, 0.3) is 0 Å². The average molecular weight is 320 g/mol. The molecule has 3 heterocycles. The molecule has 3 rings (SSSR count). The molecule has 2 aliphatic rings. The number of piperidine rings is 1. The van der Waals surface area contributed by atoms with Crippen molar-refractivity contribution in [2.45, 2.75) is 52.9 Å². The number of aromatic nitrogens is 1. The molecule has 0 bridgehead atoms. The predicted molar refractivity (Wildman–Crippen MR) is 88.6 cm³/mol. The summed E-state index contributed by atoms with van der Waals surface area (Å²) in [6, 6.07) is 2.41. The monoisotopic (exact) mass is 320 g/mol. The van der Waals surface area contributed by atoms with E-state index in [0.717, 1.165) is 42.9 Å². The summed E-state index contributed by atoms with van der Waals surface area (Å²) in [7, 11) is 0. The van der Waals surface area contributed by atoms with Crippen LogP contribution in [0, 0.1) is 19.8 Å². The highest BCUT2D eigenvalue weighted by molar-refractivity contribution is 5.95. The Morgan fingerprint density at radius 3 is 2.30 bits per heavy atom. The van der Waals surface area contributed by atoms with Crippen molar-refractivity contribution < 1.29 is 14.3 Å². The van der Waals surface area contributed by atoms with Gasteiger partial charge in [-0.3, -0.25) is 4.79 Å². The first-order valence-corrected chi connectivity index (χ1v) is 8.70. The number of hydrogen-bond donors (Lipinski definition) is 0. The molecule has 0 unspecified atom stereocenters. The summed E-state index contributed by atoms with van der Waals surface area (Å²) in [6.07, 6.45) is 1.86. The molecule has 1 aromatic heterocycles. The minimum atomic E-state index is -0.0572. The zero-order valence-electron chi connectivity index (χ0n) is 14.7. The number of amides is 1. The maximum Gasteiger partial charge on any atom is 0.255 e. The van der Waals surface area contributed by atoms with Crippen molar-refractivity contribution in [2.75, 3.05) is 26.3 Å². The fourth-order valence-corrected chi connectivity index (χ4v) is 3.98. The van der Waals surface area contributed by atoms with Crippen LogP contribution in [0.4, 0.5) is 0 Å². The van der Waals surface area contributed by atoms with Crippen LogP contribution in [0.1, 0.15) is 54.5 Å². The van der Waals surface area contributed by atoms with Crippen LogP contribution < -0.4 is 0 Å². The normalized spacial score (nSPS) is 20.7. The van der Waals surface area contributed by atoms with Gasteiger partial charge in [0.1, 0.15) is 0 Å². The van der Waals surface area contributed by atoms with E-state index in [9.17, 15) is 4.79 Å². The molecule has 128 valence electrons. The van der Waals surface area contributed by atoms with Crippen LogP contribution in [0.15, 0.2) is 6.07 Å². The molecular formula is C18H28N2O3. The van der Waals surface area contributed by atoms with Gasteiger partial charge in [-0.25, -0.2) is 0 Å². The maximum atomic E-state index is 12.9.